The van der Waals surface area contributed by atoms with E-state index >= 15 is 4.39 Å². The Bertz CT molecular complexity index is 2210. The van der Waals surface area contributed by atoms with Crippen LogP contribution in [0.25, 0.3) is 49.5 Å². The number of aromatic amines is 1. The second-order valence-corrected chi connectivity index (χ2v) is 10.6. The minimum atomic E-state index is -0.824. The number of carbonyl (C=O) groups excluding carboxylic acids is 1. The van der Waals surface area contributed by atoms with Crippen LogP contribution in [0.4, 0.5) is 8.78 Å². The predicted octanol–water partition coefficient (Wildman–Crippen LogP) is 6.14. The highest BCUT2D eigenvalue weighted by atomic mass is 35.5. The van der Waals surface area contributed by atoms with Crippen molar-refractivity contribution in [2.24, 2.45) is 12.8 Å². The van der Waals surface area contributed by atoms with Crippen LogP contribution in [0.5, 0.6) is 0 Å². The number of fused-ring (bicyclic) bond motifs is 4. The zero-order chi connectivity index (χ0) is 29.3. The summed E-state index contributed by atoms with van der Waals surface area (Å²) in [6, 6.07) is 15.3. The number of rotatable bonds is 4. The van der Waals surface area contributed by atoms with E-state index in [1.54, 1.807) is 6.07 Å². The summed E-state index contributed by atoms with van der Waals surface area (Å²) in [4.78, 5) is 42.4. The number of amides is 1. The standard InChI is InChI=1S/C31H23ClF2N4O3/c1-14(2)15-10-11-16-22(12-15)36-27-19(29(35)39)13-21(34)24(25(16)27)17-6-5-9-23(26(17)32)38-30(40)18-7-4-8-20(33)28(18)37(3)31(38)41/h4-14,36H,1-3H3,(H2,35,39). The van der Waals surface area contributed by atoms with Gasteiger partial charge < -0.3 is 10.7 Å². The van der Waals surface area contributed by atoms with Crippen LogP contribution in [-0.2, 0) is 7.05 Å². The van der Waals surface area contributed by atoms with Gasteiger partial charge in [0.05, 0.1) is 32.7 Å². The van der Waals surface area contributed by atoms with Gasteiger partial charge in [-0.15, -0.1) is 0 Å². The molecule has 0 unspecified atom stereocenters. The van der Waals surface area contributed by atoms with E-state index in [2.05, 4.69) is 4.98 Å². The number of aryl methyl sites for hydroxylation is 1. The maximum absolute atomic E-state index is 16.0. The van der Waals surface area contributed by atoms with E-state index in [-0.39, 0.29) is 44.2 Å². The third-order valence-corrected chi connectivity index (χ3v) is 7.90. The highest BCUT2D eigenvalue weighted by Crippen LogP contribution is 2.42. The average Bonchev–Trinajstić information content (AvgIpc) is 3.31. The Morgan fingerprint density at radius 3 is 2.41 bits per heavy atom. The quantitative estimate of drug-likeness (QED) is 0.265. The summed E-state index contributed by atoms with van der Waals surface area (Å²) < 4.78 is 32.4. The van der Waals surface area contributed by atoms with Crippen molar-refractivity contribution in [3.63, 3.8) is 0 Å². The molecule has 0 aliphatic heterocycles. The van der Waals surface area contributed by atoms with Gasteiger partial charge in [-0.3, -0.25) is 14.2 Å². The minimum Gasteiger partial charge on any atom is -0.366 e. The lowest BCUT2D eigenvalue weighted by Crippen LogP contribution is -2.38. The summed E-state index contributed by atoms with van der Waals surface area (Å²) >= 11 is 6.87. The minimum absolute atomic E-state index is 0.00519. The number of carbonyl (C=O) groups is 1. The van der Waals surface area contributed by atoms with Crippen LogP contribution < -0.4 is 17.0 Å². The average molecular weight is 573 g/mol. The Morgan fingerprint density at radius 2 is 1.71 bits per heavy atom. The molecule has 1 amide bonds. The SMILES string of the molecule is CC(C)c1ccc2c(c1)[nH]c1c(C(N)=O)cc(F)c(-c3cccc(-n4c(=O)c5cccc(F)c5n(C)c4=O)c3Cl)c12. The normalized spacial score (nSPS) is 11.8. The van der Waals surface area contributed by atoms with Gasteiger partial charge in [0, 0.05) is 34.5 Å². The molecule has 0 atom stereocenters. The number of primary amides is 1. The number of nitrogens with zero attached hydrogens (tertiary/aromatic N) is 2. The number of H-pyrrole nitrogens is 1. The van der Waals surface area contributed by atoms with Crippen LogP contribution in [0.2, 0.25) is 5.02 Å². The third kappa shape index (κ3) is 3.88. The van der Waals surface area contributed by atoms with Crippen LogP contribution in [0.3, 0.4) is 0 Å². The molecule has 2 heterocycles. The highest BCUT2D eigenvalue weighted by molar-refractivity contribution is 6.36. The fraction of sp³-hybridized carbons (Fsp3) is 0.129. The zero-order valence-electron chi connectivity index (χ0n) is 22.2. The molecule has 0 saturated heterocycles. The van der Waals surface area contributed by atoms with E-state index < -0.39 is 28.8 Å². The van der Waals surface area contributed by atoms with Crippen molar-refractivity contribution < 1.29 is 13.6 Å². The van der Waals surface area contributed by atoms with E-state index in [0.717, 1.165) is 26.8 Å². The van der Waals surface area contributed by atoms with Crippen molar-refractivity contribution in [3.05, 3.63) is 109 Å². The molecule has 0 bridgehead atoms. The van der Waals surface area contributed by atoms with Gasteiger partial charge in [0.25, 0.3) is 11.5 Å². The molecule has 4 aromatic carbocycles. The fourth-order valence-corrected chi connectivity index (χ4v) is 5.77. The number of aromatic nitrogens is 3. The van der Waals surface area contributed by atoms with Gasteiger partial charge in [-0.25, -0.2) is 18.1 Å². The number of hydrogen-bond acceptors (Lipinski definition) is 3. The molecule has 6 rings (SSSR count). The first kappa shape index (κ1) is 26.5. The van der Waals surface area contributed by atoms with Crippen LogP contribution >= 0.6 is 11.6 Å². The molecule has 10 heteroatoms. The number of nitrogens with one attached hydrogen (secondary N) is 1. The summed E-state index contributed by atoms with van der Waals surface area (Å²) in [5.74, 6) is -2.07. The van der Waals surface area contributed by atoms with Gasteiger partial charge in [0.2, 0.25) is 0 Å². The first-order chi connectivity index (χ1) is 19.5. The lowest BCUT2D eigenvalue weighted by atomic mass is 9.94. The molecular weight excluding hydrogens is 550 g/mol. The number of halogens is 3. The maximum atomic E-state index is 16.0. The van der Waals surface area contributed by atoms with E-state index in [0.29, 0.717) is 21.8 Å². The number of para-hydroxylation sites is 1. The molecule has 0 radical (unpaired) electrons. The number of hydrogen-bond donors (Lipinski definition) is 2. The smallest absolute Gasteiger partial charge is 0.336 e. The molecule has 0 aliphatic carbocycles. The monoisotopic (exact) mass is 572 g/mol. The second kappa shape index (κ2) is 9.42. The molecule has 3 N–H and O–H groups in total. The Kier molecular flexibility index (Phi) is 6.08. The lowest BCUT2D eigenvalue weighted by Gasteiger charge is -2.16. The Labute approximate surface area is 236 Å². The van der Waals surface area contributed by atoms with Crippen LogP contribution in [-0.4, -0.2) is 20.0 Å². The largest absolute Gasteiger partial charge is 0.366 e. The van der Waals surface area contributed by atoms with Gasteiger partial charge in [-0.1, -0.05) is 55.8 Å². The van der Waals surface area contributed by atoms with Crippen LogP contribution in [0, 0.1) is 11.6 Å². The molecule has 0 saturated carbocycles. The van der Waals surface area contributed by atoms with Crippen molar-refractivity contribution >= 4 is 50.2 Å². The van der Waals surface area contributed by atoms with E-state index in [9.17, 15) is 18.8 Å². The highest BCUT2D eigenvalue weighted by Gasteiger charge is 2.25. The van der Waals surface area contributed by atoms with Gasteiger partial charge in [-0.05, 0) is 41.8 Å². The third-order valence-electron chi connectivity index (χ3n) is 7.51. The summed E-state index contributed by atoms with van der Waals surface area (Å²) in [6.07, 6.45) is 0. The van der Waals surface area contributed by atoms with Gasteiger partial charge >= 0.3 is 5.69 Å². The fourth-order valence-electron chi connectivity index (χ4n) is 5.46. The molecule has 0 spiro atoms. The maximum Gasteiger partial charge on any atom is 0.336 e. The molecule has 2 aromatic heterocycles. The van der Waals surface area contributed by atoms with Crippen molar-refractivity contribution in [1.29, 1.82) is 0 Å². The topological polar surface area (TPSA) is 103 Å². The molecule has 6 aromatic rings. The zero-order valence-corrected chi connectivity index (χ0v) is 22.9. The number of nitrogens with two attached hydrogens (primary N) is 1. The van der Waals surface area contributed by atoms with Gasteiger partial charge in [0.15, 0.2) is 0 Å². The molecule has 0 fully saturated rings. The first-order valence-corrected chi connectivity index (χ1v) is 13.2. The Balaban J connectivity index is 1.71. The predicted molar refractivity (Wildman–Crippen MR) is 157 cm³/mol. The molecule has 0 aliphatic rings. The summed E-state index contributed by atoms with van der Waals surface area (Å²) in [5, 5.41) is 0.911. The molecular formula is C31H23ClF2N4O3. The van der Waals surface area contributed by atoms with Crippen molar-refractivity contribution in [3.8, 4) is 16.8 Å². The van der Waals surface area contributed by atoms with Gasteiger partial charge in [0.1, 0.15) is 11.6 Å². The molecule has 41 heavy (non-hydrogen) atoms. The first-order valence-electron chi connectivity index (χ1n) is 12.8. The van der Waals surface area contributed by atoms with E-state index in [1.807, 2.05) is 32.0 Å². The summed E-state index contributed by atoms with van der Waals surface area (Å²) in [6.45, 7) is 4.09. The summed E-state index contributed by atoms with van der Waals surface area (Å²) in [7, 11) is 1.35. The van der Waals surface area contributed by atoms with Crippen molar-refractivity contribution in [2.75, 3.05) is 0 Å². The van der Waals surface area contributed by atoms with Gasteiger partial charge in [-0.2, -0.15) is 0 Å². The Morgan fingerprint density at radius 1 is 0.976 bits per heavy atom. The lowest BCUT2D eigenvalue weighted by molar-refractivity contribution is 0.100. The van der Waals surface area contributed by atoms with Crippen molar-refractivity contribution in [1.82, 2.24) is 14.1 Å². The number of benzene rings is 4. The van der Waals surface area contributed by atoms with Crippen LogP contribution in [0.1, 0.15) is 35.7 Å². The molecule has 7 nitrogen and oxygen atoms in total. The van der Waals surface area contributed by atoms with E-state index in [4.69, 9.17) is 17.3 Å². The Hall–Kier alpha value is -4.76. The van der Waals surface area contributed by atoms with E-state index in [1.165, 1.54) is 31.3 Å². The summed E-state index contributed by atoms with van der Waals surface area (Å²) in [5.41, 5.74) is 6.14. The van der Waals surface area contributed by atoms with Crippen molar-refractivity contribution in [2.45, 2.75) is 19.8 Å². The second-order valence-electron chi connectivity index (χ2n) is 10.2. The molecule has 206 valence electrons. The van der Waals surface area contributed by atoms with Crippen LogP contribution in [0.15, 0.2) is 70.3 Å².